The molecule has 0 saturated carbocycles. The van der Waals surface area contributed by atoms with Gasteiger partial charge in [0.2, 0.25) is 5.91 Å². The predicted octanol–water partition coefficient (Wildman–Crippen LogP) is 0.935. The number of ether oxygens (including phenoxy) is 1. The predicted molar refractivity (Wildman–Crippen MR) is 66.0 cm³/mol. The van der Waals surface area contributed by atoms with Crippen molar-refractivity contribution < 1.29 is 9.53 Å². The maximum absolute atomic E-state index is 11.6. The first kappa shape index (κ1) is 11.9. The first-order valence-corrected chi connectivity index (χ1v) is 5.82. The molecule has 0 atom stereocenters. The number of carbonyl (C=O) groups is 1. The molecule has 0 unspecified atom stereocenters. The summed E-state index contributed by atoms with van der Waals surface area (Å²) in [5, 5.41) is 3.07. The van der Waals surface area contributed by atoms with Crippen LogP contribution in [0.25, 0.3) is 0 Å². The number of hydrogen-bond acceptors (Lipinski definition) is 3. The van der Waals surface area contributed by atoms with Gasteiger partial charge in [-0.05, 0) is 24.1 Å². The Bertz CT molecular complexity index is 418. The van der Waals surface area contributed by atoms with E-state index in [2.05, 4.69) is 11.4 Å². The number of piperazine rings is 1. The Kier molecular flexibility index (Phi) is 3.64. The zero-order valence-corrected chi connectivity index (χ0v) is 10.3. The fraction of sp³-hybridized carbons (Fsp3) is 0.462. The van der Waals surface area contributed by atoms with E-state index in [9.17, 15) is 4.79 Å². The number of nitrogens with one attached hydrogen (secondary N) is 1. The van der Waals surface area contributed by atoms with Crippen molar-refractivity contribution in [1.29, 1.82) is 0 Å². The smallest absolute Gasteiger partial charge is 0.236 e. The Labute approximate surface area is 102 Å². The molecule has 4 nitrogen and oxygen atoms in total. The van der Waals surface area contributed by atoms with E-state index in [1.165, 1.54) is 0 Å². The minimum absolute atomic E-state index is 0.171. The quantitative estimate of drug-likeness (QED) is 0.846. The standard InChI is InChI=1S/C13H18N2O2/c1-10-7-11(3-4-12(10)17-2)9-15-6-5-14-8-13(15)16/h3-4,7,14H,5-6,8-9H2,1-2H3. The van der Waals surface area contributed by atoms with Crippen LogP contribution in [0.5, 0.6) is 5.75 Å². The van der Waals surface area contributed by atoms with Gasteiger partial charge in [-0.15, -0.1) is 0 Å². The van der Waals surface area contributed by atoms with Crippen molar-refractivity contribution in [1.82, 2.24) is 10.2 Å². The third-order valence-corrected chi connectivity index (χ3v) is 3.02. The van der Waals surface area contributed by atoms with Crippen LogP contribution >= 0.6 is 0 Å². The molecule has 0 bridgehead atoms. The van der Waals surface area contributed by atoms with Gasteiger partial charge >= 0.3 is 0 Å². The first-order chi connectivity index (χ1) is 8.20. The summed E-state index contributed by atoms with van der Waals surface area (Å²) in [6, 6.07) is 6.05. The minimum Gasteiger partial charge on any atom is -0.496 e. The van der Waals surface area contributed by atoms with Gasteiger partial charge in [0.25, 0.3) is 0 Å². The highest BCUT2D eigenvalue weighted by molar-refractivity contribution is 5.79. The van der Waals surface area contributed by atoms with Crippen LogP contribution in [0.3, 0.4) is 0 Å². The zero-order valence-electron chi connectivity index (χ0n) is 10.3. The van der Waals surface area contributed by atoms with E-state index in [0.717, 1.165) is 30.0 Å². The largest absolute Gasteiger partial charge is 0.496 e. The van der Waals surface area contributed by atoms with E-state index in [1.54, 1.807) is 7.11 Å². The van der Waals surface area contributed by atoms with Crippen molar-refractivity contribution in [3.8, 4) is 5.75 Å². The van der Waals surface area contributed by atoms with Gasteiger partial charge < -0.3 is 15.0 Å². The maximum Gasteiger partial charge on any atom is 0.236 e. The molecule has 1 aliphatic heterocycles. The average molecular weight is 234 g/mol. The monoisotopic (exact) mass is 234 g/mol. The molecule has 0 spiro atoms. The van der Waals surface area contributed by atoms with Gasteiger partial charge in [-0.2, -0.15) is 0 Å². The molecule has 0 aliphatic carbocycles. The SMILES string of the molecule is COc1ccc(CN2CCNCC2=O)cc1C. The van der Waals surface area contributed by atoms with Crippen molar-refractivity contribution in [2.24, 2.45) is 0 Å². The van der Waals surface area contributed by atoms with Gasteiger partial charge in [0.15, 0.2) is 0 Å². The average Bonchev–Trinajstić information content (AvgIpc) is 2.32. The lowest BCUT2D eigenvalue weighted by molar-refractivity contribution is -0.132. The number of carbonyl (C=O) groups excluding carboxylic acids is 1. The highest BCUT2D eigenvalue weighted by atomic mass is 16.5. The fourth-order valence-corrected chi connectivity index (χ4v) is 2.07. The van der Waals surface area contributed by atoms with Crippen LogP contribution in [0.15, 0.2) is 18.2 Å². The van der Waals surface area contributed by atoms with Crippen molar-refractivity contribution in [3.05, 3.63) is 29.3 Å². The van der Waals surface area contributed by atoms with Gasteiger partial charge in [0, 0.05) is 19.6 Å². The van der Waals surface area contributed by atoms with Crippen LogP contribution in [0.2, 0.25) is 0 Å². The second-order valence-corrected chi connectivity index (χ2v) is 4.30. The Balaban J connectivity index is 2.07. The zero-order chi connectivity index (χ0) is 12.3. The number of rotatable bonds is 3. The molecule has 1 fully saturated rings. The summed E-state index contributed by atoms with van der Waals surface area (Å²) in [6.07, 6.45) is 0. The summed E-state index contributed by atoms with van der Waals surface area (Å²) < 4.78 is 5.22. The summed E-state index contributed by atoms with van der Waals surface area (Å²) in [4.78, 5) is 13.5. The fourth-order valence-electron chi connectivity index (χ4n) is 2.07. The highest BCUT2D eigenvalue weighted by Crippen LogP contribution is 2.19. The molecule has 0 radical (unpaired) electrons. The lowest BCUT2D eigenvalue weighted by Gasteiger charge is -2.27. The molecular weight excluding hydrogens is 216 g/mol. The molecule has 17 heavy (non-hydrogen) atoms. The Morgan fingerprint density at radius 2 is 2.29 bits per heavy atom. The van der Waals surface area contributed by atoms with Crippen LogP contribution in [-0.4, -0.2) is 37.6 Å². The van der Waals surface area contributed by atoms with Crippen LogP contribution in [-0.2, 0) is 11.3 Å². The lowest BCUT2D eigenvalue weighted by Crippen LogP contribution is -2.47. The van der Waals surface area contributed by atoms with Gasteiger partial charge in [-0.1, -0.05) is 12.1 Å². The molecule has 1 heterocycles. The third-order valence-electron chi connectivity index (χ3n) is 3.02. The van der Waals surface area contributed by atoms with Gasteiger partial charge in [0.1, 0.15) is 5.75 Å². The summed E-state index contributed by atoms with van der Waals surface area (Å²) in [5.41, 5.74) is 2.26. The molecule has 1 amide bonds. The molecule has 1 aliphatic rings. The number of methoxy groups -OCH3 is 1. The van der Waals surface area contributed by atoms with Gasteiger partial charge in [-0.25, -0.2) is 0 Å². The molecule has 1 saturated heterocycles. The minimum atomic E-state index is 0.171. The van der Waals surface area contributed by atoms with E-state index in [4.69, 9.17) is 4.74 Å². The Morgan fingerprint density at radius 1 is 1.47 bits per heavy atom. The second-order valence-electron chi connectivity index (χ2n) is 4.30. The van der Waals surface area contributed by atoms with Crippen LogP contribution < -0.4 is 10.1 Å². The molecule has 2 rings (SSSR count). The van der Waals surface area contributed by atoms with E-state index in [1.807, 2.05) is 24.0 Å². The first-order valence-electron chi connectivity index (χ1n) is 5.82. The normalized spacial score (nSPS) is 16.1. The number of hydrogen-bond donors (Lipinski definition) is 1. The number of amides is 1. The van der Waals surface area contributed by atoms with Gasteiger partial charge in [0.05, 0.1) is 13.7 Å². The summed E-state index contributed by atoms with van der Waals surface area (Å²) in [5.74, 6) is 1.06. The van der Waals surface area contributed by atoms with Crippen LogP contribution in [0, 0.1) is 6.92 Å². The molecule has 1 aromatic carbocycles. The van der Waals surface area contributed by atoms with E-state index >= 15 is 0 Å². The molecule has 92 valence electrons. The Hall–Kier alpha value is -1.55. The second kappa shape index (κ2) is 5.19. The summed E-state index contributed by atoms with van der Waals surface area (Å²) >= 11 is 0. The summed E-state index contributed by atoms with van der Waals surface area (Å²) in [7, 11) is 1.67. The van der Waals surface area contributed by atoms with E-state index in [0.29, 0.717) is 13.1 Å². The third kappa shape index (κ3) is 2.77. The maximum atomic E-state index is 11.6. The van der Waals surface area contributed by atoms with Crippen molar-refractivity contribution in [3.63, 3.8) is 0 Å². The topological polar surface area (TPSA) is 41.6 Å². The molecular formula is C13H18N2O2. The van der Waals surface area contributed by atoms with E-state index < -0.39 is 0 Å². The molecule has 1 aromatic rings. The van der Waals surface area contributed by atoms with Crippen molar-refractivity contribution >= 4 is 5.91 Å². The lowest BCUT2D eigenvalue weighted by atomic mass is 10.1. The molecule has 4 heteroatoms. The molecule has 0 aromatic heterocycles. The van der Waals surface area contributed by atoms with Crippen molar-refractivity contribution in [2.75, 3.05) is 26.7 Å². The molecule has 1 N–H and O–H groups in total. The van der Waals surface area contributed by atoms with Crippen LogP contribution in [0.1, 0.15) is 11.1 Å². The Morgan fingerprint density at radius 3 is 2.94 bits per heavy atom. The highest BCUT2D eigenvalue weighted by Gasteiger charge is 2.17. The van der Waals surface area contributed by atoms with Crippen LogP contribution in [0.4, 0.5) is 0 Å². The number of aryl methyl sites for hydroxylation is 1. The number of benzene rings is 1. The number of nitrogens with zero attached hydrogens (tertiary/aromatic N) is 1. The summed E-state index contributed by atoms with van der Waals surface area (Å²) in [6.45, 7) is 4.81. The van der Waals surface area contributed by atoms with Gasteiger partial charge in [-0.3, -0.25) is 4.79 Å². The van der Waals surface area contributed by atoms with Crippen molar-refractivity contribution in [2.45, 2.75) is 13.5 Å². The van der Waals surface area contributed by atoms with E-state index in [-0.39, 0.29) is 5.91 Å².